The molecule has 2 amide bonds. The number of halogens is 3. The molecule has 0 heterocycles. The summed E-state index contributed by atoms with van der Waals surface area (Å²) in [6, 6.07) is 11.0. The zero-order chi connectivity index (χ0) is 24.5. The molecule has 4 nitrogen and oxygen atoms in total. The van der Waals surface area contributed by atoms with Crippen LogP contribution in [0.3, 0.4) is 0 Å². The lowest BCUT2D eigenvalue weighted by molar-refractivity contribution is -0.139. The van der Waals surface area contributed by atoms with Crippen LogP contribution in [0, 0.1) is 5.82 Å². The van der Waals surface area contributed by atoms with Crippen LogP contribution < -0.4 is 5.32 Å². The standard InChI is InChI=1S/C26H31Cl2FN2O2S/c1-2-24(26(33)30-20-7-4-3-5-8-20)31(15-21-22(27)9-6-10-23(21)28)25(32)17-34-16-18-11-13-19(29)14-12-18/h6,9-14,20,24H,2-5,7-8,15-17H2,1H3,(H,30,33)/t24-/m0/s1. The lowest BCUT2D eigenvalue weighted by Crippen LogP contribution is -2.52. The Morgan fingerprint density at radius 3 is 2.35 bits per heavy atom. The van der Waals surface area contributed by atoms with Crippen LogP contribution in [0.2, 0.25) is 10.0 Å². The molecule has 1 aliphatic carbocycles. The van der Waals surface area contributed by atoms with Gasteiger partial charge in [0.15, 0.2) is 0 Å². The minimum absolute atomic E-state index is 0.130. The number of hydrogen-bond acceptors (Lipinski definition) is 3. The van der Waals surface area contributed by atoms with Crippen molar-refractivity contribution in [3.05, 3.63) is 69.5 Å². The van der Waals surface area contributed by atoms with Crippen molar-refractivity contribution >= 4 is 46.8 Å². The third kappa shape index (κ3) is 7.62. The third-order valence-electron chi connectivity index (χ3n) is 6.14. The van der Waals surface area contributed by atoms with E-state index in [-0.39, 0.29) is 36.0 Å². The van der Waals surface area contributed by atoms with Crippen LogP contribution in [0.25, 0.3) is 0 Å². The first-order chi connectivity index (χ1) is 16.4. The monoisotopic (exact) mass is 524 g/mol. The summed E-state index contributed by atoms with van der Waals surface area (Å²) in [7, 11) is 0. The molecule has 1 saturated carbocycles. The molecule has 2 aromatic carbocycles. The number of benzene rings is 2. The first-order valence-electron chi connectivity index (χ1n) is 11.7. The minimum atomic E-state index is -0.617. The largest absolute Gasteiger partial charge is 0.352 e. The van der Waals surface area contributed by atoms with E-state index in [0.29, 0.717) is 27.8 Å². The van der Waals surface area contributed by atoms with Gasteiger partial charge in [-0.15, -0.1) is 11.8 Å². The van der Waals surface area contributed by atoms with Crippen molar-refractivity contribution in [2.75, 3.05) is 5.75 Å². The topological polar surface area (TPSA) is 49.4 Å². The second kappa shape index (κ2) is 13.4. The maximum absolute atomic E-state index is 13.4. The van der Waals surface area contributed by atoms with E-state index in [9.17, 15) is 14.0 Å². The predicted octanol–water partition coefficient (Wildman–Crippen LogP) is 6.62. The van der Waals surface area contributed by atoms with Crippen LogP contribution in [0.15, 0.2) is 42.5 Å². The van der Waals surface area contributed by atoms with E-state index in [1.165, 1.54) is 30.3 Å². The van der Waals surface area contributed by atoms with E-state index in [0.717, 1.165) is 31.2 Å². The summed E-state index contributed by atoms with van der Waals surface area (Å²) in [5.41, 5.74) is 1.56. The summed E-state index contributed by atoms with van der Waals surface area (Å²) < 4.78 is 13.2. The summed E-state index contributed by atoms with van der Waals surface area (Å²) in [6.07, 6.45) is 5.85. The lowest BCUT2D eigenvalue weighted by Gasteiger charge is -2.33. The third-order valence-corrected chi connectivity index (χ3v) is 7.83. The number of amides is 2. The molecule has 0 aromatic heterocycles. The molecule has 34 heavy (non-hydrogen) atoms. The van der Waals surface area contributed by atoms with Gasteiger partial charge >= 0.3 is 0 Å². The first kappa shape index (κ1) is 26.8. The second-order valence-corrected chi connectivity index (χ2v) is 10.4. The summed E-state index contributed by atoms with van der Waals surface area (Å²) in [5.74, 6) is 0.176. The number of nitrogens with zero attached hydrogens (tertiary/aromatic N) is 1. The molecule has 3 rings (SSSR count). The molecule has 0 saturated heterocycles. The highest BCUT2D eigenvalue weighted by molar-refractivity contribution is 7.99. The lowest BCUT2D eigenvalue weighted by atomic mass is 9.95. The van der Waals surface area contributed by atoms with Crippen LogP contribution >= 0.6 is 35.0 Å². The van der Waals surface area contributed by atoms with E-state index in [1.807, 2.05) is 6.92 Å². The van der Waals surface area contributed by atoms with Crippen molar-refractivity contribution in [2.45, 2.75) is 69.8 Å². The van der Waals surface area contributed by atoms with Gasteiger partial charge < -0.3 is 10.2 Å². The molecule has 0 radical (unpaired) electrons. The van der Waals surface area contributed by atoms with Crippen LogP contribution in [0.5, 0.6) is 0 Å². The van der Waals surface area contributed by atoms with Crippen molar-refractivity contribution in [2.24, 2.45) is 0 Å². The summed E-state index contributed by atoms with van der Waals surface area (Å²) in [4.78, 5) is 28.3. The minimum Gasteiger partial charge on any atom is -0.352 e. The number of thioether (sulfide) groups is 1. The molecule has 0 spiro atoms. The second-order valence-electron chi connectivity index (χ2n) is 8.61. The molecule has 0 bridgehead atoms. The summed E-state index contributed by atoms with van der Waals surface area (Å²) in [6.45, 7) is 2.07. The maximum atomic E-state index is 13.4. The highest BCUT2D eigenvalue weighted by atomic mass is 35.5. The van der Waals surface area contributed by atoms with Crippen LogP contribution in [0.4, 0.5) is 4.39 Å². The van der Waals surface area contributed by atoms with Crippen LogP contribution in [0.1, 0.15) is 56.6 Å². The van der Waals surface area contributed by atoms with Gasteiger partial charge in [0.2, 0.25) is 11.8 Å². The molecular weight excluding hydrogens is 494 g/mol. The number of carbonyl (C=O) groups is 2. The van der Waals surface area contributed by atoms with Gasteiger partial charge in [-0.25, -0.2) is 4.39 Å². The number of hydrogen-bond donors (Lipinski definition) is 1. The highest BCUT2D eigenvalue weighted by Gasteiger charge is 2.31. The fraction of sp³-hybridized carbons (Fsp3) is 0.462. The molecule has 0 aliphatic heterocycles. The Bertz CT molecular complexity index is 948. The zero-order valence-electron chi connectivity index (χ0n) is 19.4. The van der Waals surface area contributed by atoms with Gasteiger partial charge in [-0.1, -0.05) is 67.6 Å². The average Bonchev–Trinajstić information content (AvgIpc) is 2.82. The predicted molar refractivity (Wildman–Crippen MR) is 139 cm³/mol. The van der Waals surface area contributed by atoms with E-state index in [2.05, 4.69) is 5.32 Å². The highest BCUT2D eigenvalue weighted by Crippen LogP contribution is 2.28. The van der Waals surface area contributed by atoms with Gasteiger partial charge in [0.05, 0.1) is 5.75 Å². The fourth-order valence-electron chi connectivity index (χ4n) is 4.24. The zero-order valence-corrected chi connectivity index (χ0v) is 21.7. The maximum Gasteiger partial charge on any atom is 0.243 e. The molecule has 2 aromatic rings. The quantitative estimate of drug-likeness (QED) is 0.379. The Morgan fingerprint density at radius 1 is 1.09 bits per heavy atom. The van der Waals surface area contributed by atoms with Crippen LogP contribution in [-0.4, -0.2) is 34.6 Å². The summed E-state index contributed by atoms with van der Waals surface area (Å²) >= 11 is 14.2. The molecule has 1 fully saturated rings. The molecule has 8 heteroatoms. The summed E-state index contributed by atoms with van der Waals surface area (Å²) in [5, 5.41) is 4.10. The van der Waals surface area contributed by atoms with Gasteiger partial charge in [0, 0.05) is 33.9 Å². The molecule has 1 N–H and O–H groups in total. The normalized spacial score (nSPS) is 15.1. The first-order valence-corrected chi connectivity index (χ1v) is 13.6. The molecule has 0 unspecified atom stereocenters. The van der Waals surface area contributed by atoms with Gasteiger partial charge in [-0.05, 0) is 49.1 Å². The Labute approximate surface area is 215 Å². The van der Waals surface area contributed by atoms with Gasteiger partial charge in [-0.3, -0.25) is 9.59 Å². The molecular formula is C26H31Cl2FN2O2S. The molecule has 1 aliphatic rings. The molecule has 184 valence electrons. The number of nitrogens with one attached hydrogen (secondary N) is 1. The van der Waals surface area contributed by atoms with E-state index in [1.54, 1.807) is 35.2 Å². The van der Waals surface area contributed by atoms with Gasteiger partial charge in [0.1, 0.15) is 11.9 Å². The van der Waals surface area contributed by atoms with Crippen molar-refractivity contribution in [3.8, 4) is 0 Å². The number of rotatable bonds is 10. The smallest absolute Gasteiger partial charge is 0.243 e. The number of carbonyl (C=O) groups excluding carboxylic acids is 2. The SMILES string of the molecule is CC[C@@H](C(=O)NC1CCCCC1)N(Cc1c(Cl)cccc1Cl)C(=O)CSCc1ccc(F)cc1. The Balaban J connectivity index is 1.74. The van der Waals surface area contributed by atoms with Crippen molar-refractivity contribution < 1.29 is 14.0 Å². The Kier molecular flexibility index (Phi) is 10.5. The van der Waals surface area contributed by atoms with Gasteiger partial charge in [0.25, 0.3) is 0 Å². The van der Waals surface area contributed by atoms with E-state index < -0.39 is 6.04 Å². The Morgan fingerprint density at radius 2 is 1.74 bits per heavy atom. The average molecular weight is 526 g/mol. The van der Waals surface area contributed by atoms with E-state index in [4.69, 9.17) is 23.2 Å². The fourth-order valence-corrected chi connectivity index (χ4v) is 5.62. The van der Waals surface area contributed by atoms with E-state index >= 15 is 0 Å². The van der Waals surface area contributed by atoms with Crippen molar-refractivity contribution in [3.63, 3.8) is 0 Å². The van der Waals surface area contributed by atoms with Crippen LogP contribution in [-0.2, 0) is 21.9 Å². The van der Waals surface area contributed by atoms with Crippen molar-refractivity contribution in [1.82, 2.24) is 10.2 Å². The van der Waals surface area contributed by atoms with Crippen molar-refractivity contribution in [1.29, 1.82) is 0 Å². The Hall–Kier alpha value is -1.76. The molecule has 1 atom stereocenters. The van der Waals surface area contributed by atoms with Gasteiger partial charge in [-0.2, -0.15) is 0 Å².